The van der Waals surface area contributed by atoms with Crippen LogP contribution in [0.4, 0.5) is 23.2 Å². The molecule has 7 nitrogen and oxygen atoms in total. The lowest BCUT2D eigenvalue weighted by Crippen LogP contribution is -2.31. The Hall–Kier alpha value is -3.21. The molecule has 0 aliphatic carbocycles. The van der Waals surface area contributed by atoms with Gasteiger partial charge in [-0.15, -0.1) is 0 Å². The van der Waals surface area contributed by atoms with Crippen LogP contribution in [0.15, 0.2) is 35.1 Å². The van der Waals surface area contributed by atoms with Gasteiger partial charge in [0.2, 0.25) is 0 Å². The normalized spacial score (nSPS) is 17.8. The Bertz CT molecular complexity index is 1110. The van der Waals surface area contributed by atoms with Crippen molar-refractivity contribution in [2.24, 2.45) is 0 Å². The van der Waals surface area contributed by atoms with Crippen LogP contribution in [0.3, 0.4) is 0 Å². The first-order valence-electron chi connectivity index (χ1n) is 10.4. The lowest BCUT2D eigenvalue weighted by Gasteiger charge is -2.29. The van der Waals surface area contributed by atoms with E-state index in [2.05, 4.69) is 20.4 Å². The van der Waals surface area contributed by atoms with Gasteiger partial charge in [-0.05, 0) is 43.6 Å². The molecular formula is C22H22F4N4O3. The smallest absolute Gasteiger partial charge is 0.271 e. The summed E-state index contributed by atoms with van der Waals surface area (Å²) in [5, 5.41) is 6.87. The van der Waals surface area contributed by atoms with Gasteiger partial charge in [0, 0.05) is 18.1 Å². The number of hydrogen-bond acceptors (Lipinski definition) is 7. The highest BCUT2D eigenvalue weighted by Gasteiger charge is 2.38. The molecular weight excluding hydrogens is 444 g/mol. The van der Waals surface area contributed by atoms with Crippen LogP contribution in [-0.4, -0.2) is 33.8 Å². The van der Waals surface area contributed by atoms with Gasteiger partial charge in [0.1, 0.15) is 36.4 Å². The summed E-state index contributed by atoms with van der Waals surface area (Å²) in [4.78, 5) is 8.35. The summed E-state index contributed by atoms with van der Waals surface area (Å²) in [6, 6.07) is 4.56. The maximum atomic E-state index is 14.6. The molecule has 1 fully saturated rings. The van der Waals surface area contributed by atoms with Crippen molar-refractivity contribution in [1.29, 1.82) is 0 Å². The Morgan fingerprint density at radius 3 is 2.76 bits per heavy atom. The van der Waals surface area contributed by atoms with Crippen LogP contribution in [0.2, 0.25) is 0 Å². The van der Waals surface area contributed by atoms with E-state index in [1.54, 1.807) is 6.07 Å². The van der Waals surface area contributed by atoms with Gasteiger partial charge in [-0.1, -0.05) is 0 Å². The minimum Gasteiger partial charge on any atom is -0.473 e. The van der Waals surface area contributed by atoms with Gasteiger partial charge in [0.15, 0.2) is 5.76 Å². The van der Waals surface area contributed by atoms with Crippen molar-refractivity contribution in [3.8, 4) is 17.1 Å². The maximum Gasteiger partial charge on any atom is 0.271 e. The zero-order chi connectivity index (χ0) is 23.6. The van der Waals surface area contributed by atoms with Gasteiger partial charge in [-0.25, -0.2) is 27.5 Å². The molecule has 1 saturated heterocycles. The maximum absolute atomic E-state index is 14.6. The van der Waals surface area contributed by atoms with Gasteiger partial charge < -0.3 is 19.3 Å². The summed E-state index contributed by atoms with van der Waals surface area (Å²) < 4.78 is 71.7. The van der Waals surface area contributed by atoms with Crippen LogP contribution in [0.1, 0.15) is 44.2 Å². The van der Waals surface area contributed by atoms with Crippen molar-refractivity contribution in [3.05, 3.63) is 53.7 Å². The van der Waals surface area contributed by atoms with E-state index >= 15 is 0 Å². The Morgan fingerprint density at radius 1 is 1.21 bits per heavy atom. The highest BCUT2D eigenvalue weighted by atomic mass is 19.3. The SMILES string of the molecule is CC(C)Oc1cc(CNc2c(-c3cc(F)ccc3F)ncnc2C2CCC(F)(F)CO2)on1. The predicted molar refractivity (Wildman–Crippen MR) is 110 cm³/mol. The second-order valence-electron chi connectivity index (χ2n) is 7.95. The molecule has 3 heterocycles. The van der Waals surface area contributed by atoms with E-state index in [9.17, 15) is 17.6 Å². The quantitative estimate of drug-likeness (QED) is 0.474. The third-order valence-electron chi connectivity index (χ3n) is 4.97. The number of aromatic nitrogens is 3. The van der Waals surface area contributed by atoms with Crippen molar-refractivity contribution in [1.82, 2.24) is 15.1 Å². The molecule has 1 atom stereocenters. The second kappa shape index (κ2) is 9.34. The first-order valence-corrected chi connectivity index (χ1v) is 10.4. The molecule has 1 unspecified atom stereocenters. The molecule has 0 spiro atoms. The van der Waals surface area contributed by atoms with Crippen molar-refractivity contribution in [2.45, 2.75) is 51.4 Å². The molecule has 1 aliphatic rings. The Balaban J connectivity index is 1.68. The molecule has 176 valence electrons. The molecule has 1 aromatic carbocycles. The fourth-order valence-corrected chi connectivity index (χ4v) is 3.49. The van der Waals surface area contributed by atoms with Crippen LogP contribution < -0.4 is 10.1 Å². The van der Waals surface area contributed by atoms with Crippen LogP contribution in [0, 0.1) is 11.6 Å². The van der Waals surface area contributed by atoms with Gasteiger partial charge in [-0.3, -0.25) is 0 Å². The monoisotopic (exact) mass is 466 g/mol. The molecule has 0 radical (unpaired) electrons. The number of nitrogens with one attached hydrogen (secondary N) is 1. The zero-order valence-electron chi connectivity index (χ0n) is 17.9. The predicted octanol–water partition coefficient (Wildman–Crippen LogP) is 5.30. The highest BCUT2D eigenvalue weighted by molar-refractivity contribution is 5.76. The minimum atomic E-state index is -2.93. The van der Waals surface area contributed by atoms with Gasteiger partial charge in [0.25, 0.3) is 11.8 Å². The molecule has 33 heavy (non-hydrogen) atoms. The largest absolute Gasteiger partial charge is 0.473 e. The van der Waals surface area contributed by atoms with Crippen LogP contribution in [-0.2, 0) is 11.3 Å². The van der Waals surface area contributed by atoms with Crippen molar-refractivity contribution in [3.63, 3.8) is 0 Å². The van der Waals surface area contributed by atoms with Gasteiger partial charge in [-0.2, -0.15) is 0 Å². The van der Waals surface area contributed by atoms with E-state index in [4.69, 9.17) is 14.0 Å². The molecule has 4 rings (SSSR count). The first kappa shape index (κ1) is 23.0. The molecule has 0 amide bonds. The average Bonchev–Trinajstić information content (AvgIpc) is 3.20. The summed E-state index contributed by atoms with van der Waals surface area (Å²) in [7, 11) is 0. The second-order valence-corrected chi connectivity index (χ2v) is 7.95. The molecule has 3 aromatic rings. The third kappa shape index (κ3) is 5.41. The Labute approximate surface area is 187 Å². The van der Waals surface area contributed by atoms with E-state index in [1.807, 2.05) is 13.8 Å². The van der Waals surface area contributed by atoms with Gasteiger partial charge >= 0.3 is 0 Å². The molecule has 11 heteroatoms. The van der Waals surface area contributed by atoms with Gasteiger partial charge in [0.05, 0.1) is 24.0 Å². The topological polar surface area (TPSA) is 82.3 Å². The third-order valence-corrected chi connectivity index (χ3v) is 4.97. The van der Waals surface area contributed by atoms with Crippen LogP contribution in [0.5, 0.6) is 5.88 Å². The minimum absolute atomic E-state index is 0.00154. The molecule has 0 bridgehead atoms. The van der Waals surface area contributed by atoms with Crippen LogP contribution >= 0.6 is 0 Å². The Kier molecular flexibility index (Phi) is 6.50. The van der Waals surface area contributed by atoms with E-state index < -0.39 is 30.3 Å². The average molecular weight is 466 g/mol. The fourth-order valence-electron chi connectivity index (χ4n) is 3.49. The van der Waals surface area contributed by atoms with Crippen LogP contribution in [0.25, 0.3) is 11.3 Å². The molecule has 0 saturated carbocycles. The number of alkyl halides is 2. The number of nitrogens with zero attached hydrogens (tertiary/aromatic N) is 3. The Morgan fingerprint density at radius 2 is 2.03 bits per heavy atom. The zero-order valence-corrected chi connectivity index (χ0v) is 17.9. The molecule has 1 aliphatic heterocycles. The summed E-state index contributed by atoms with van der Waals surface area (Å²) in [5.74, 6) is -3.60. The summed E-state index contributed by atoms with van der Waals surface area (Å²) in [6.45, 7) is 2.99. The number of anilines is 1. The van der Waals surface area contributed by atoms with E-state index in [0.717, 1.165) is 18.2 Å². The molecule has 1 N–H and O–H groups in total. The highest BCUT2D eigenvalue weighted by Crippen LogP contribution is 2.40. The van der Waals surface area contributed by atoms with E-state index in [1.165, 1.54) is 6.33 Å². The summed E-state index contributed by atoms with van der Waals surface area (Å²) >= 11 is 0. The number of rotatable bonds is 7. The number of ether oxygens (including phenoxy) is 2. The molecule has 2 aromatic heterocycles. The summed E-state index contributed by atoms with van der Waals surface area (Å²) in [6.07, 6.45) is -0.102. The fraction of sp³-hybridized carbons (Fsp3) is 0.409. The lowest BCUT2D eigenvalue weighted by atomic mass is 10.00. The number of halogens is 4. The lowest BCUT2D eigenvalue weighted by molar-refractivity contribution is -0.146. The van der Waals surface area contributed by atoms with E-state index in [0.29, 0.717) is 11.6 Å². The summed E-state index contributed by atoms with van der Waals surface area (Å²) in [5.41, 5.74) is 0.442. The van der Waals surface area contributed by atoms with Crippen molar-refractivity contribution in [2.75, 3.05) is 11.9 Å². The van der Waals surface area contributed by atoms with E-state index in [-0.39, 0.29) is 48.1 Å². The number of hydrogen-bond donors (Lipinski definition) is 1. The van der Waals surface area contributed by atoms with Crippen molar-refractivity contribution < 1.29 is 31.6 Å². The number of benzene rings is 1. The first-order chi connectivity index (χ1) is 15.7. The standard InChI is InChI=1S/C22H22F4N4O3/c1-12(2)32-18-8-14(33-30-18)9-27-21-19(15-7-13(23)3-4-16(15)24)28-11-29-20(21)17-5-6-22(25,26)10-31-17/h3-4,7-8,11-12,17,27H,5-6,9-10H2,1-2H3. The van der Waals surface area contributed by atoms with Crippen molar-refractivity contribution >= 4 is 5.69 Å².